The molecule has 7 heteroatoms. The fraction of sp³-hybridized carbons (Fsp3) is 0.304. The molecule has 0 radical (unpaired) electrons. The second kappa shape index (κ2) is 9.49. The predicted octanol–water partition coefficient (Wildman–Crippen LogP) is 4.29. The van der Waals surface area contributed by atoms with E-state index in [0.29, 0.717) is 6.42 Å². The maximum absolute atomic E-state index is 12.7. The van der Waals surface area contributed by atoms with Gasteiger partial charge in [0.15, 0.2) is 0 Å². The maximum atomic E-state index is 12.7. The number of halogens is 1. The molecule has 2 aromatic carbocycles. The summed E-state index contributed by atoms with van der Waals surface area (Å²) in [7, 11) is 1.67. The van der Waals surface area contributed by atoms with Gasteiger partial charge in [0.2, 0.25) is 5.91 Å². The number of nitrogens with zero attached hydrogens (tertiary/aromatic N) is 3. The third-order valence-corrected chi connectivity index (χ3v) is 6.38. The van der Waals surface area contributed by atoms with Crippen LogP contribution < -0.4 is 9.64 Å². The van der Waals surface area contributed by atoms with E-state index in [1.807, 2.05) is 46.7 Å². The molecule has 1 amide bonds. The predicted molar refractivity (Wildman–Crippen MR) is 122 cm³/mol. The first-order chi connectivity index (χ1) is 14.6. The van der Waals surface area contributed by atoms with Gasteiger partial charge in [0.25, 0.3) is 0 Å². The van der Waals surface area contributed by atoms with Crippen molar-refractivity contribution in [3.05, 3.63) is 75.2 Å². The van der Waals surface area contributed by atoms with Crippen molar-refractivity contribution < 1.29 is 9.53 Å². The smallest absolute Gasteiger partial charge is 0.228 e. The van der Waals surface area contributed by atoms with E-state index in [4.69, 9.17) is 16.3 Å². The topological polar surface area (TPSA) is 45.7 Å². The standard InChI is InChI=1S/C23H24ClN3O2S/c1-29-21-7-5-20(6-8-21)26-9-11-27(12-10-26)23(28)15-19-16-30-22(25-19)14-17-3-2-4-18(24)13-17/h2-8,13,16H,9-12,14-15H2,1H3. The highest BCUT2D eigenvalue weighted by Gasteiger charge is 2.22. The SMILES string of the molecule is COc1ccc(N2CCN(C(=O)Cc3csc(Cc4cccc(Cl)c4)n3)CC2)cc1. The molecule has 0 aliphatic carbocycles. The van der Waals surface area contributed by atoms with Crippen molar-refractivity contribution in [3.63, 3.8) is 0 Å². The van der Waals surface area contributed by atoms with Crippen LogP contribution in [0.25, 0.3) is 0 Å². The van der Waals surface area contributed by atoms with Crippen LogP contribution in [0.4, 0.5) is 5.69 Å². The van der Waals surface area contributed by atoms with Crippen LogP contribution in [-0.2, 0) is 17.6 Å². The molecule has 0 atom stereocenters. The van der Waals surface area contributed by atoms with Crippen molar-refractivity contribution in [2.24, 2.45) is 0 Å². The molecular formula is C23H24ClN3O2S. The average Bonchev–Trinajstić information content (AvgIpc) is 3.20. The minimum atomic E-state index is 0.143. The monoisotopic (exact) mass is 441 g/mol. The number of rotatable bonds is 6. The lowest BCUT2D eigenvalue weighted by Crippen LogP contribution is -2.49. The van der Waals surface area contributed by atoms with Gasteiger partial charge in [-0.2, -0.15) is 0 Å². The van der Waals surface area contributed by atoms with E-state index in [1.165, 1.54) is 0 Å². The Balaban J connectivity index is 1.29. The Morgan fingerprint density at radius 1 is 1.13 bits per heavy atom. The first-order valence-corrected chi connectivity index (χ1v) is 11.2. The Morgan fingerprint density at radius 3 is 2.60 bits per heavy atom. The number of carbonyl (C=O) groups is 1. The van der Waals surface area contributed by atoms with E-state index in [9.17, 15) is 4.79 Å². The molecule has 4 rings (SSSR count). The number of piperazine rings is 1. The Bertz CT molecular complexity index is 998. The maximum Gasteiger partial charge on any atom is 0.228 e. The molecule has 5 nitrogen and oxygen atoms in total. The Kier molecular flexibility index (Phi) is 6.55. The summed E-state index contributed by atoms with van der Waals surface area (Å²) in [6.45, 7) is 3.11. The van der Waals surface area contributed by atoms with E-state index in [0.717, 1.165) is 65.3 Å². The largest absolute Gasteiger partial charge is 0.497 e. The van der Waals surface area contributed by atoms with Crippen LogP contribution in [0.3, 0.4) is 0 Å². The summed E-state index contributed by atoms with van der Waals surface area (Å²) < 4.78 is 5.22. The molecule has 0 N–H and O–H groups in total. The van der Waals surface area contributed by atoms with Crippen LogP contribution in [0.15, 0.2) is 53.9 Å². The van der Waals surface area contributed by atoms with E-state index >= 15 is 0 Å². The third-order valence-electron chi connectivity index (χ3n) is 5.25. The van der Waals surface area contributed by atoms with Crippen LogP contribution >= 0.6 is 22.9 Å². The van der Waals surface area contributed by atoms with Crippen molar-refractivity contribution in [1.29, 1.82) is 0 Å². The summed E-state index contributed by atoms with van der Waals surface area (Å²) >= 11 is 7.65. The molecule has 0 spiro atoms. The number of thiazole rings is 1. The van der Waals surface area contributed by atoms with Crippen molar-refractivity contribution in [1.82, 2.24) is 9.88 Å². The summed E-state index contributed by atoms with van der Waals surface area (Å²) in [4.78, 5) is 21.6. The highest BCUT2D eigenvalue weighted by Crippen LogP contribution is 2.21. The second-order valence-corrected chi connectivity index (χ2v) is 8.66. The van der Waals surface area contributed by atoms with E-state index < -0.39 is 0 Å². The van der Waals surface area contributed by atoms with E-state index in [2.05, 4.69) is 22.0 Å². The fourth-order valence-electron chi connectivity index (χ4n) is 3.61. The summed E-state index contributed by atoms with van der Waals surface area (Å²) in [6, 6.07) is 15.9. The van der Waals surface area contributed by atoms with Gasteiger partial charge in [0, 0.05) is 48.7 Å². The lowest BCUT2D eigenvalue weighted by Gasteiger charge is -2.36. The number of carbonyl (C=O) groups excluding carboxylic acids is 1. The van der Waals surface area contributed by atoms with Crippen LogP contribution in [0.1, 0.15) is 16.3 Å². The molecule has 1 fully saturated rings. The lowest BCUT2D eigenvalue weighted by atomic mass is 10.2. The van der Waals surface area contributed by atoms with Crippen LogP contribution in [0, 0.1) is 0 Å². The van der Waals surface area contributed by atoms with Gasteiger partial charge in [-0.05, 0) is 42.0 Å². The molecular weight excluding hydrogens is 418 g/mol. The van der Waals surface area contributed by atoms with Crippen LogP contribution in [0.5, 0.6) is 5.75 Å². The van der Waals surface area contributed by atoms with Gasteiger partial charge in [-0.1, -0.05) is 23.7 Å². The zero-order valence-corrected chi connectivity index (χ0v) is 18.5. The van der Waals surface area contributed by atoms with E-state index in [1.54, 1.807) is 18.4 Å². The normalized spacial score (nSPS) is 14.1. The Morgan fingerprint density at radius 2 is 1.90 bits per heavy atom. The number of anilines is 1. The lowest BCUT2D eigenvalue weighted by molar-refractivity contribution is -0.130. The minimum absolute atomic E-state index is 0.143. The molecule has 1 saturated heterocycles. The molecule has 0 bridgehead atoms. The number of hydrogen-bond donors (Lipinski definition) is 0. The number of amides is 1. The average molecular weight is 442 g/mol. The quantitative estimate of drug-likeness (QED) is 0.572. The first kappa shape index (κ1) is 20.7. The third kappa shape index (κ3) is 5.12. The van der Waals surface area contributed by atoms with Gasteiger partial charge in [0.1, 0.15) is 5.75 Å². The highest BCUT2D eigenvalue weighted by atomic mass is 35.5. The van der Waals surface area contributed by atoms with Gasteiger partial charge in [-0.25, -0.2) is 4.98 Å². The number of benzene rings is 2. The van der Waals surface area contributed by atoms with Gasteiger partial charge >= 0.3 is 0 Å². The van der Waals surface area contributed by atoms with Gasteiger partial charge < -0.3 is 14.5 Å². The fourth-order valence-corrected chi connectivity index (χ4v) is 4.65. The molecule has 2 heterocycles. The second-order valence-electron chi connectivity index (χ2n) is 7.28. The molecule has 1 aliphatic rings. The van der Waals surface area contributed by atoms with Gasteiger partial charge in [-0.15, -0.1) is 11.3 Å². The first-order valence-electron chi connectivity index (χ1n) is 9.95. The van der Waals surface area contributed by atoms with E-state index in [-0.39, 0.29) is 5.91 Å². The molecule has 0 saturated carbocycles. The summed E-state index contributed by atoms with van der Waals surface area (Å²) in [5.74, 6) is 0.995. The molecule has 1 aromatic heterocycles. The molecule has 1 aliphatic heterocycles. The molecule has 3 aromatic rings. The number of aromatic nitrogens is 1. The van der Waals surface area contributed by atoms with Crippen LogP contribution in [0.2, 0.25) is 5.02 Å². The van der Waals surface area contributed by atoms with Gasteiger partial charge in [-0.3, -0.25) is 4.79 Å². The summed E-state index contributed by atoms with van der Waals surface area (Å²) in [5.41, 5.74) is 3.14. The highest BCUT2D eigenvalue weighted by molar-refractivity contribution is 7.09. The zero-order chi connectivity index (χ0) is 20.9. The molecule has 156 valence electrons. The Hall–Kier alpha value is -2.57. The van der Waals surface area contributed by atoms with Gasteiger partial charge in [0.05, 0.1) is 24.2 Å². The number of ether oxygens (including phenoxy) is 1. The van der Waals surface area contributed by atoms with Crippen LogP contribution in [-0.4, -0.2) is 49.1 Å². The summed E-state index contributed by atoms with van der Waals surface area (Å²) in [6.07, 6.45) is 1.09. The minimum Gasteiger partial charge on any atom is -0.497 e. The van der Waals surface area contributed by atoms with Crippen molar-refractivity contribution in [2.45, 2.75) is 12.8 Å². The number of methoxy groups -OCH3 is 1. The number of hydrogen-bond acceptors (Lipinski definition) is 5. The zero-order valence-electron chi connectivity index (χ0n) is 16.9. The molecule has 0 unspecified atom stereocenters. The molecule has 30 heavy (non-hydrogen) atoms. The summed E-state index contributed by atoms with van der Waals surface area (Å²) in [5, 5.41) is 3.73. The van der Waals surface area contributed by atoms with Crippen molar-refractivity contribution in [3.8, 4) is 5.75 Å². The Labute approximate surface area is 185 Å². The van der Waals surface area contributed by atoms with Crippen molar-refractivity contribution in [2.75, 3.05) is 38.2 Å². The van der Waals surface area contributed by atoms with Crippen molar-refractivity contribution >= 4 is 34.5 Å².